The topological polar surface area (TPSA) is 84.7 Å². The van der Waals surface area contributed by atoms with Crippen LogP contribution in [0.15, 0.2) is 40.9 Å². The molecule has 0 aliphatic carbocycles. The fourth-order valence-electron chi connectivity index (χ4n) is 2.48. The highest BCUT2D eigenvalue weighted by molar-refractivity contribution is 5.89. The predicted octanol–water partition coefficient (Wildman–Crippen LogP) is 2.68. The van der Waals surface area contributed by atoms with E-state index in [1.54, 1.807) is 24.3 Å². The molecule has 0 spiro atoms. The molecule has 0 bridgehead atoms. The summed E-state index contributed by atoms with van der Waals surface area (Å²) in [5.74, 6) is 0.266. The minimum absolute atomic E-state index is 0.169. The van der Waals surface area contributed by atoms with Gasteiger partial charge in [0.05, 0.1) is 18.7 Å². The van der Waals surface area contributed by atoms with Crippen LogP contribution >= 0.6 is 0 Å². The van der Waals surface area contributed by atoms with Gasteiger partial charge in [-0.1, -0.05) is 44.1 Å². The quantitative estimate of drug-likeness (QED) is 0.863. The number of urea groups is 1. The Morgan fingerprint density at radius 2 is 2.08 bits per heavy atom. The zero-order valence-corrected chi connectivity index (χ0v) is 14.5. The fraction of sp³-hybridized carbons (Fsp3) is 0.389. The van der Waals surface area contributed by atoms with E-state index >= 15 is 0 Å². The van der Waals surface area contributed by atoms with Crippen LogP contribution in [-0.4, -0.2) is 34.8 Å². The molecule has 1 aromatic carbocycles. The van der Waals surface area contributed by atoms with E-state index in [-0.39, 0.29) is 24.5 Å². The molecule has 2 aromatic rings. The van der Waals surface area contributed by atoms with Crippen LogP contribution in [0.3, 0.4) is 0 Å². The maximum atomic E-state index is 12.2. The van der Waals surface area contributed by atoms with Gasteiger partial charge in [-0.15, -0.1) is 0 Å². The molecule has 3 rings (SSSR count). The number of amides is 2. The van der Waals surface area contributed by atoms with Crippen LogP contribution < -0.4 is 5.32 Å². The van der Waals surface area contributed by atoms with Crippen molar-refractivity contribution < 1.29 is 18.8 Å². The zero-order chi connectivity index (χ0) is 18.0. The number of carbonyl (C=O) groups is 2. The van der Waals surface area contributed by atoms with Gasteiger partial charge in [0.15, 0.2) is 6.23 Å². The first-order valence-electron chi connectivity index (χ1n) is 8.11. The van der Waals surface area contributed by atoms with Gasteiger partial charge >= 0.3 is 12.0 Å². The van der Waals surface area contributed by atoms with E-state index in [1.807, 2.05) is 32.9 Å². The van der Waals surface area contributed by atoms with Crippen molar-refractivity contribution >= 4 is 12.0 Å². The van der Waals surface area contributed by atoms with Gasteiger partial charge in [0.25, 0.3) is 0 Å². The molecule has 2 amide bonds. The maximum Gasteiger partial charge on any atom is 0.340 e. The van der Waals surface area contributed by atoms with Gasteiger partial charge in [0, 0.05) is 11.5 Å². The average Bonchev–Trinajstić information content (AvgIpc) is 3.18. The van der Waals surface area contributed by atoms with Crippen LogP contribution in [-0.2, 0) is 16.7 Å². The summed E-state index contributed by atoms with van der Waals surface area (Å²) in [5.41, 5.74) is 0.888. The fourth-order valence-corrected chi connectivity index (χ4v) is 2.48. The third-order valence-electron chi connectivity index (χ3n) is 3.92. The number of aromatic nitrogens is 1. The molecule has 1 fully saturated rings. The summed E-state index contributed by atoms with van der Waals surface area (Å²) in [6.45, 7) is 6.50. The molecule has 132 valence electrons. The zero-order valence-electron chi connectivity index (χ0n) is 14.5. The monoisotopic (exact) mass is 343 g/mol. The van der Waals surface area contributed by atoms with Crippen molar-refractivity contribution in [2.45, 2.75) is 39.0 Å². The molecule has 7 nitrogen and oxygen atoms in total. The van der Waals surface area contributed by atoms with Gasteiger partial charge in [0.2, 0.25) is 0 Å². The minimum Gasteiger partial charge on any atom is -0.436 e. The summed E-state index contributed by atoms with van der Waals surface area (Å²) < 4.78 is 10.8. The maximum absolute atomic E-state index is 12.2. The summed E-state index contributed by atoms with van der Waals surface area (Å²) in [6, 6.07) is 10.2. The number of hydrogen-bond acceptors (Lipinski definition) is 5. The lowest BCUT2D eigenvalue weighted by Gasteiger charge is -2.21. The Morgan fingerprint density at radius 1 is 1.36 bits per heavy atom. The molecule has 1 N–H and O–H groups in total. The van der Waals surface area contributed by atoms with Crippen molar-refractivity contribution in [3.8, 4) is 0 Å². The van der Waals surface area contributed by atoms with E-state index in [0.717, 1.165) is 5.76 Å². The van der Waals surface area contributed by atoms with Gasteiger partial charge in [-0.05, 0) is 12.1 Å². The normalized spacial score (nSPS) is 17.5. The number of rotatable bonds is 4. The Balaban J connectivity index is 1.70. The first kappa shape index (κ1) is 17.0. The van der Waals surface area contributed by atoms with Crippen molar-refractivity contribution in [2.24, 2.45) is 0 Å². The summed E-state index contributed by atoms with van der Waals surface area (Å²) in [4.78, 5) is 25.7. The molecule has 1 aliphatic rings. The third kappa shape index (κ3) is 3.81. The predicted molar refractivity (Wildman–Crippen MR) is 89.8 cm³/mol. The van der Waals surface area contributed by atoms with E-state index in [2.05, 4.69) is 10.5 Å². The SMILES string of the molecule is CC(C)(C)c1cc(CN2C(=O)NCC2OC(=O)c2ccccc2)no1. The van der Waals surface area contributed by atoms with E-state index in [0.29, 0.717) is 11.3 Å². The Morgan fingerprint density at radius 3 is 2.72 bits per heavy atom. The molecule has 1 unspecified atom stereocenters. The second-order valence-electron chi connectivity index (χ2n) is 6.97. The molecule has 1 aliphatic heterocycles. The first-order valence-corrected chi connectivity index (χ1v) is 8.11. The van der Waals surface area contributed by atoms with Crippen LogP contribution in [0, 0.1) is 0 Å². The van der Waals surface area contributed by atoms with Crippen molar-refractivity contribution in [3.63, 3.8) is 0 Å². The third-order valence-corrected chi connectivity index (χ3v) is 3.92. The van der Waals surface area contributed by atoms with Gasteiger partial charge in [-0.3, -0.25) is 4.90 Å². The molecule has 1 aromatic heterocycles. The highest BCUT2D eigenvalue weighted by atomic mass is 16.6. The van der Waals surface area contributed by atoms with Crippen LogP contribution in [0.4, 0.5) is 4.79 Å². The largest absolute Gasteiger partial charge is 0.436 e. The molecule has 0 saturated carbocycles. The molecular formula is C18H21N3O4. The molecular weight excluding hydrogens is 322 g/mol. The smallest absolute Gasteiger partial charge is 0.340 e. The Labute approximate surface area is 145 Å². The van der Waals surface area contributed by atoms with E-state index in [9.17, 15) is 9.59 Å². The van der Waals surface area contributed by atoms with Crippen LogP contribution in [0.2, 0.25) is 0 Å². The number of esters is 1. The van der Waals surface area contributed by atoms with Crippen molar-refractivity contribution in [2.75, 3.05) is 6.54 Å². The standard InChI is InChI=1S/C18H21N3O4/c1-18(2,3)14-9-13(20-25-14)11-21-15(10-19-17(21)23)24-16(22)12-7-5-4-6-8-12/h4-9,15H,10-11H2,1-3H3,(H,19,23). The molecule has 1 atom stereocenters. The Kier molecular flexibility index (Phi) is 4.48. The first-order chi connectivity index (χ1) is 11.8. The second-order valence-corrected chi connectivity index (χ2v) is 6.97. The summed E-state index contributed by atoms with van der Waals surface area (Å²) in [7, 11) is 0. The van der Waals surface area contributed by atoms with Gasteiger partial charge < -0.3 is 14.6 Å². The van der Waals surface area contributed by atoms with Crippen LogP contribution in [0.5, 0.6) is 0 Å². The summed E-state index contributed by atoms with van der Waals surface area (Å²) >= 11 is 0. The van der Waals surface area contributed by atoms with Crippen molar-refractivity contribution in [3.05, 3.63) is 53.4 Å². The van der Waals surface area contributed by atoms with Crippen LogP contribution in [0.1, 0.15) is 42.6 Å². The van der Waals surface area contributed by atoms with Crippen molar-refractivity contribution in [1.29, 1.82) is 0 Å². The second kappa shape index (κ2) is 6.58. The van der Waals surface area contributed by atoms with Gasteiger partial charge in [0.1, 0.15) is 11.5 Å². The van der Waals surface area contributed by atoms with E-state index in [4.69, 9.17) is 9.26 Å². The Hall–Kier alpha value is -2.83. The highest BCUT2D eigenvalue weighted by Crippen LogP contribution is 2.24. The van der Waals surface area contributed by atoms with Gasteiger partial charge in [-0.25, -0.2) is 9.59 Å². The van der Waals surface area contributed by atoms with Crippen LogP contribution in [0.25, 0.3) is 0 Å². The van der Waals surface area contributed by atoms with Gasteiger partial charge in [-0.2, -0.15) is 0 Å². The molecule has 2 heterocycles. The number of nitrogens with zero attached hydrogens (tertiary/aromatic N) is 2. The summed E-state index contributed by atoms with van der Waals surface area (Å²) in [6.07, 6.45) is -0.685. The van der Waals surface area contributed by atoms with E-state index in [1.165, 1.54) is 4.90 Å². The van der Waals surface area contributed by atoms with Crippen molar-refractivity contribution in [1.82, 2.24) is 15.4 Å². The Bertz CT molecular complexity index is 764. The molecule has 0 radical (unpaired) electrons. The molecule has 1 saturated heterocycles. The minimum atomic E-state index is -0.685. The average molecular weight is 343 g/mol. The lowest BCUT2D eigenvalue weighted by atomic mass is 9.93. The number of carbonyl (C=O) groups excluding carboxylic acids is 2. The lowest BCUT2D eigenvalue weighted by molar-refractivity contribution is -0.00277. The number of ether oxygens (including phenoxy) is 1. The molecule has 7 heteroatoms. The molecule has 25 heavy (non-hydrogen) atoms. The highest BCUT2D eigenvalue weighted by Gasteiger charge is 2.34. The van der Waals surface area contributed by atoms with E-state index < -0.39 is 12.2 Å². The number of hydrogen-bond donors (Lipinski definition) is 1. The summed E-state index contributed by atoms with van der Waals surface area (Å²) in [5, 5.41) is 6.70. The lowest BCUT2D eigenvalue weighted by Crippen LogP contribution is -2.37. The number of nitrogens with one attached hydrogen (secondary N) is 1. The number of benzene rings is 1.